The number of aromatic nitrogens is 1. The van der Waals surface area contributed by atoms with E-state index in [4.69, 9.17) is 16.1 Å². The molecule has 182 valence electrons. The summed E-state index contributed by atoms with van der Waals surface area (Å²) < 4.78 is 0.791. The number of nitrogen functional groups attached to an aromatic ring is 1. The minimum absolute atomic E-state index is 0.0252. The summed E-state index contributed by atoms with van der Waals surface area (Å²) in [5.41, 5.74) is 9.43. The Morgan fingerprint density at radius 3 is 2.36 bits per heavy atom. The van der Waals surface area contributed by atoms with E-state index in [9.17, 15) is 14.7 Å². The van der Waals surface area contributed by atoms with Gasteiger partial charge in [-0.2, -0.15) is 0 Å². The van der Waals surface area contributed by atoms with Gasteiger partial charge < -0.3 is 21.1 Å². The Balaban J connectivity index is 1.38. The third kappa shape index (κ3) is 4.78. The van der Waals surface area contributed by atoms with Gasteiger partial charge in [0.2, 0.25) is 5.91 Å². The number of nitrogens with two attached hydrogens (primary N) is 1. The van der Waals surface area contributed by atoms with Gasteiger partial charge in [-0.1, -0.05) is 53.8 Å². The van der Waals surface area contributed by atoms with Crippen LogP contribution in [0.25, 0.3) is 21.3 Å². The first kappa shape index (κ1) is 23.5. The molecule has 0 saturated carbocycles. The molecule has 5 N–H and O–H groups in total. The van der Waals surface area contributed by atoms with Crippen molar-refractivity contribution in [2.75, 3.05) is 23.3 Å². The maximum absolute atomic E-state index is 12.7. The Kier molecular flexibility index (Phi) is 6.39. The lowest BCUT2D eigenvalue weighted by atomic mass is 9.96. The molecule has 1 aromatic heterocycles. The van der Waals surface area contributed by atoms with Gasteiger partial charge in [0.1, 0.15) is 5.84 Å². The second kappa shape index (κ2) is 9.79. The minimum Gasteiger partial charge on any atom is -0.478 e. The largest absolute Gasteiger partial charge is 0.478 e. The number of carboxylic acid groups (broad SMARTS) is 1. The molecule has 0 aliphatic carbocycles. The second-order valence-electron chi connectivity index (χ2n) is 8.78. The van der Waals surface area contributed by atoms with Crippen molar-refractivity contribution >= 4 is 50.1 Å². The summed E-state index contributed by atoms with van der Waals surface area (Å²) in [5, 5.41) is 21.1. The number of anilines is 2. The van der Waals surface area contributed by atoms with Gasteiger partial charge in [-0.25, -0.2) is 9.78 Å². The Hall–Kier alpha value is -4.24. The fraction of sp³-hybridized carbons (Fsp3) is 0.185. The third-order valence-electron chi connectivity index (χ3n) is 6.42. The first-order chi connectivity index (χ1) is 17.4. The van der Waals surface area contributed by atoms with Crippen molar-refractivity contribution in [3.05, 3.63) is 77.9 Å². The number of amidine groups is 1. The number of hydrogen-bond acceptors (Lipinski definition) is 6. The Morgan fingerprint density at radius 1 is 1.03 bits per heavy atom. The zero-order chi connectivity index (χ0) is 25.2. The Morgan fingerprint density at radius 2 is 1.72 bits per heavy atom. The summed E-state index contributed by atoms with van der Waals surface area (Å²) in [6.07, 6.45) is 1.43. The standard InChI is InChI=1S/C27H25N5O3S/c28-24(29)17-8-6-16(7-9-17)21-14-19(26(34)35)15-22-23(21)31-27(36-22)32-12-10-18(11-13-32)25(33)30-20-4-2-1-3-5-20/h1-9,14-15,18H,10-13H2,(H3,28,29)(H,30,33)(H,34,35). The van der Waals surface area contributed by atoms with Crippen LogP contribution in [0.5, 0.6) is 0 Å². The zero-order valence-corrected chi connectivity index (χ0v) is 20.2. The number of para-hydroxylation sites is 1. The number of nitrogens with zero attached hydrogens (tertiary/aromatic N) is 2. The lowest BCUT2D eigenvalue weighted by molar-refractivity contribution is -0.120. The fourth-order valence-electron chi connectivity index (χ4n) is 4.42. The average molecular weight is 500 g/mol. The molecule has 0 spiro atoms. The van der Waals surface area contributed by atoms with Crippen molar-refractivity contribution in [3.63, 3.8) is 0 Å². The molecule has 3 aromatic carbocycles. The number of amides is 1. The van der Waals surface area contributed by atoms with Gasteiger partial charge in [-0.05, 0) is 42.7 Å². The van der Waals surface area contributed by atoms with Gasteiger partial charge in [0, 0.05) is 35.8 Å². The molecule has 1 aliphatic rings. The molecule has 36 heavy (non-hydrogen) atoms. The van der Waals surface area contributed by atoms with Gasteiger partial charge >= 0.3 is 5.97 Å². The number of carboxylic acids is 1. The highest BCUT2D eigenvalue weighted by atomic mass is 32.1. The van der Waals surface area contributed by atoms with Gasteiger partial charge in [-0.3, -0.25) is 10.2 Å². The molecule has 0 bridgehead atoms. The van der Waals surface area contributed by atoms with Crippen LogP contribution in [-0.4, -0.2) is 40.9 Å². The number of carbonyl (C=O) groups excluding carboxylic acids is 1. The molecule has 0 unspecified atom stereocenters. The van der Waals surface area contributed by atoms with E-state index in [2.05, 4.69) is 10.2 Å². The number of aromatic carboxylic acids is 1. The van der Waals surface area contributed by atoms with Crippen LogP contribution in [0.3, 0.4) is 0 Å². The van der Waals surface area contributed by atoms with E-state index in [-0.39, 0.29) is 23.2 Å². The van der Waals surface area contributed by atoms with Gasteiger partial charge in [0.05, 0.1) is 15.8 Å². The molecule has 8 nitrogen and oxygen atoms in total. The van der Waals surface area contributed by atoms with Crippen LogP contribution in [0.1, 0.15) is 28.8 Å². The SMILES string of the molecule is N=C(N)c1ccc(-c2cc(C(=O)O)cc3sc(N4CCC(C(=O)Nc5ccccc5)CC4)nc23)cc1. The highest BCUT2D eigenvalue weighted by Crippen LogP contribution is 2.38. The van der Waals surface area contributed by atoms with Crippen LogP contribution in [0.15, 0.2) is 66.7 Å². The monoisotopic (exact) mass is 499 g/mol. The summed E-state index contributed by atoms with van der Waals surface area (Å²) in [6, 6.07) is 19.9. The zero-order valence-electron chi connectivity index (χ0n) is 19.4. The average Bonchev–Trinajstić information content (AvgIpc) is 3.33. The van der Waals surface area contributed by atoms with E-state index in [1.54, 1.807) is 24.3 Å². The molecule has 1 amide bonds. The lowest BCUT2D eigenvalue weighted by Crippen LogP contribution is -2.38. The van der Waals surface area contributed by atoms with E-state index >= 15 is 0 Å². The van der Waals surface area contributed by atoms with Crippen LogP contribution in [0.4, 0.5) is 10.8 Å². The van der Waals surface area contributed by atoms with Crippen molar-refractivity contribution in [3.8, 4) is 11.1 Å². The molecule has 9 heteroatoms. The number of thiazole rings is 1. The molecular formula is C27H25N5O3S. The fourth-order valence-corrected chi connectivity index (χ4v) is 5.51. The molecule has 2 heterocycles. The topological polar surface area (TPSA) is 132 Å². The smallest absolute Gasteiger partial charge is 0.335 e. The van der Waals surface area contributed by atoms with Crippen LogP contribution in [-0.2, 0) is 4.79 Å². The van der Waals surface area contributed by atoms with E-state index in [1.807, 2.05) is 42.5 Å². The molecule has 0 atom stereocenters. The number of nitrogens with one attached hydrogen (secondary N) is 2. The quantitative estimate of drug-likeness (QED) is 0.223. The molecule has 1 saturated heterocycles. The number of benzene rings is 3. The normalized spacial score (nSPS) is 14.1. The highest BCUT2D eigenvalue weighted by molar-refractivity contribution is 7.22. The molecule has 0 radical (unpaired) electrons. The van der Waals surface area contributed by atoms with Crippen molar-refractivity contribution in [2.45, 2.75) is 12.8 Å². The summed E-state index contributed by atoms with van der Waals surface area (Å²) in [6.45, 7) is 1.39. The first-order valence-corrected chi connectivity index (χ1v) is 12.4. The predicted octanol–water partition coefficient (Wildman–Crippen LogP) is 4.80. The molecule has 5 rings (SSSR count). The van der Waals surface area contributed by atoms with Gasteiger partial charge in [0.25, 0.3) is 0 Å². The van der Waals surface area contributed by atoms with Crippen LogP contribution >= 0.6 is 11.3 Å². The van der Waals surface area contributed by atoms with E-state index in [0.717, 1.165) is 32.2 Å². The molecule has 1 aliphatic heterocycles. The van der Waals surface area contributed by atoms with E-state index in [0.29, 0.717) is 31.5 Å². The molecule has 4 aromatic rings. The number of hydrogen-bond donors (Lipinski definition) is 4. The number of carbonyl (C=O) groups is 2. The molecule has 1 fully saturated rings. The van der Waals surface area contributed by atoms with Crippen molar-refractivity contribution in [2.24, 2.45) is 11.7 Å². The molecular weight excluding hydrogens is 474 g/mol. The Labute approximate surface area is 211 Å². The highest BCUT2D eigenvalue weighted by Gasteiger charge is 2.27. The second-order valence-corrected chi connectivity index (χ2v) is 9.79. The van der Waals surface area contributed by atoms with Crippen LogP contribution in [0.2, 0.25) is 0 Å². The number of fused-ring (bicyclic) bond motifs is 1. The van der Waals surface area contributed by atoms with Gasteiger partial charge in [0.15, 0.2) is 5.13 Å². The van der Waals surface area contributed by atoms with Crippen molar-refractivity contribution < 1.29 is 14.7 Å². The van der Waals surface area contributed by atoms with E-state index < -0.39 is 5.97 Å². The number of piperidine rings is 1. The maximum atomic E-state index is 12.7. The first-order valence-electron chi connectivity index (χ1n) is 11.6. The van der Waals surface area contributed by atoms with Crippen LogP contribution in [0, 0.1) is 11.3 Å². The maximum Gasteiger partial charge on any atom is 0.335 e. The number of rotatable bonds is 6. The van der Waals surface area contributed by atoms with Crippen LogP contribution < -0.4 is 16.0 Å². The predicted molar refractivity (Wildman–Crippen MR) is 143 cm³/mol. The lowest BCUT2D eigenvalue weighted by Gasteiger charge is -2.31. The minimum atomic E-state index is -1.00. The van der Waals surface area contributed by atoms with Crippen molar-refractivity contribution in [1.29, 1.82) is 5.41 Å². The summed E-state index contributed by atoms with van der Waals surface area (Å²) in [7, 11) is 0. The Bertz CT molecular complexity index is 1440. The third-order valence-corrected chi connectivity index (χ3v) is 7.48. The van der Waals surface area contributed by atoms with Crippen molar-refractivity contribution in [1.82, 2.24) is 4.98 Å². The summed E-state index contributed by atoms with van der Waals surface area (Å²) in [4.78, 5) is 31.6. The van der Waals surface area contributed by atoms with Gasteiger partial charge in [-0.15, -0.1) is 0 Å². The summed E-state index contributed by atoms with van der Waals surface area (Å²) in [5.74, 6) is -1.06. The summed E-state index contributed by atoms with van der Waals surface area (Å²) >= 11 is 1.46. The van der Waals surface area contributed by atoms with E-state index in [1.165, 1.54) is 11.3 Å².